The molecule has 0 aromatic rings. The second-order valence-electron chi connectivity index (χ2n) is 3.10. The first-order chi connectivity index (χ1) is 6.27. The molecule has 6 heteroatoms. The van der Waals surface area contributed by atoms with E-state index in [4.69, 9.17) is 10.4 Å². The van der Waals surface area contributed by atoms with E-state index >= 15 is 0 Å². The van der Waals surface area contributed by atoms with E-state index in [9.17, 15) is 18.0 Å². The SMILES string of the molecule is CC(C[C@H](C#N)CC(=O)O)C(F)(F)F. The number of aliphatic carboxylic acids is 1. The molecule has 0 saturated carbocycles. The van der Waals surface area contributed by atoms with E-state index in [-0.39, 0.29) is 0 Å². The summed E-state index contributed by atoms with van der Waals surface area (Å²) in [5.41, 5.74) is 0. The number of carboxylic acids is 1. The van der Waals surface area contributed by atoms with Crippen LogP contribution in [0.2, 0.25) is 0 Å². The highest BCUT2D eigenvalue weighted by Gasteiger charge is 2.37. The molecule has 0 spiro atoms. The fourth-order valence-electron chi connectivity index (χ4n) is 0.953. The van der Waals surface area contributed by atoms with E-state index in [1.165, 1.54) is 0 Å². The molecule has 0 aliphatic rings. The highest BCUT2D eigenvalue weighted by atomic mass is 19.4. The molecule has 0 heterocycles. The van der Waals surface area contributed by atoms with Gasteiger partial charge in [0.1, 0.15) is 0 Å². The summed E-state index contributed by atoms with van der Waals surface area (Å²) >= 11 is 0. The summed E-state index contributed by atoms with van der Waals surface area (Å²) in [5, 5.41) is 16.7. The van der Waals surface area contributed by atoms with Crippen LogP contribution in [0.25, 0.3) is 0 Å². The van der Waals surface area contributed by atoms with Crippen molar-refractivity contribution in [1.29, 1.82) is 5.26 Å². The minimum absolute atomic E-state index is 0.466. The zero-order valence-corrected chi connectivity index (χ0v) is 7.51. The number of alkyl halides is 3. The summed E-state index contributed by atoms with van der Waals surface area (Å²) in [4.78, 5) is 10.2. The van der Waals surface area contributed by atoms with Gasteiger partial charge in [-0.1, -0.05) is 6.92 Å². The Morgan fingerprint density at radius 1 is 1.57 bits per heavy atom. The van der Waals surface area contributed by atoms with Crippen LogP contribution >= 0.6 is 0 Å². The van der Waals surface area contributed by atoms with Crippen LogP contribution in [0.1, 0.15) is 19.8 Å². The topological polar surface area (TPSA) is 61.1 Å². The molecule has 0 aliphatic heterocycles. The van der Waals surface area contributed by atoms with Crippen LogP contribution in [0, 0.1) is 23.2 Å². The number of nitrogens with zero attached hydrogens (tertiary/aromatic N) is 1. The molecule has 2 atom stereocenters. The predicted octanol–water partition coefficient (Wildman–Crippen LogP) is 2.19. The van der Waals surface area contributed by atoms with Crippen molar-refractivity contribution in [3.63, 3.8) is 0 Å². The zero-order chi connectivity index (χ0) is 11.4. The Bertz CT molecular complexity index is 244. The zero-order valence-electron chi connectivity index (χ0n) is 7.51. The van der Waals surface area contributed by atoms with Crippen LogP contribution in [0.5, 0.6) is 0 Å². The third-order valence-corrected chi connectivity index (χ3v) is 1.80. The van der Waals surface area contributed by atoms with Gasteiger partial charge in [-0.2, -0.15) is 18.4 Å². The van der Waals surface area contributed by atoms with Crippen molar-refractivity contribution >= 4 is 5.97 Å². The highest BCUT2D eigenvalue weighted by Crippen LogP contribution is 2.31. The van der Waals surface area contributed by atoms with Gasteiger partial charge in [0, 0.05) is 0 Å². The fourth-order valence-corrected chi connectivity index (χ4v) is 0.953. The standard InChI is InChI=1S/C8H10F3NO2/c1-5(8(9,10)11)2-6(4-12)3-7(13)14/h5-6H,2-3H2,1H3,(H,13,14)/t5?,6-/m0/s1. The van der Waals surface area contributed by atoms with Gasteiger partial charge in [0.05, 0.1) is 24.3 Å². The lowest BCUT2D eigenvalue weighted by molar-refractivity contribution is -0.173. The van der Waals surface area contributed by atoms with Crippen LogP contribution in [0.4, 0.5) is 13.2 Å². The Hall–Kier alpha value is -1.25. The maximum atomic E-state index is 12.0. The lowest BCUT2D eigenvalue weighted by Gasteiger charge is -2.17. The van der Waals surface area contributed by atoms with Crippen molar-refractivity contribution in [3.05, 3.63) is 0 Å². The summed E-state index contributed by atoms with van der Waals surface area (Å²) in [7, 11) is 0. The number of rotatable bonds is 4. The monoisotopic (exact) mass is 209 g/mol. The summed E-state index contributed by atoms with van der Waals surface area (Å²) in [6.07, 6.45) is -5.38. The Balaban J connectivity index is 4.21. The second kappa shape index (κ2) is 4.84. The normalized spacial score (nSPS) is 15.6. The second-order valence-corrected chi connectivity index (χ2v) is 3.10. The lowest BCUT2D eigenvalue weighted by Crippen LogP contribution is -2.23. The maximum absolute atomic E-state index is 12.0. The van der Waals surface area contributed by atoms with Crippen molar-refractivity contribution in [3.8, 4) is 6.07 Å². The molecule has 3 nitrogen and oxygen atoms in total. The Labute approximate surface area is 79.1 Å². The molecule has 14 heavy (non-hydrogen) atoms. The molecule has 80 valence electrons. The molecule has 0 saturated heterocycles. The molecular weight excluding hydrogens is 199 g/mol. The van der Waals surface area contributed by atoms with E-state index < -0.39 is 36.8 Å². The first-order valence-corrected chi connectivity index (χ1v) is 3.95. The summed E-state index contributed by atoms with van der Waals surface area (Å²) in [6.45, 7) is 0.937. The van der Waals surface area contributed by atoms with E-state index in [0.29, 0.717) is 0 Å². The van der Waals surface area contributed by atoms with Gasteiger partial charge in [0.2, 0.25) is 0 Å². The minimum Gasteiger partial charge on any atom is -0.481 e. The van der Waals surface area contributed by atoms with Gasteiger partial charge in [-0.15, -0.1) is 0 Å². The molecule has 0 aliphatic carbocycles. The van der Waals surface area contributed by atoms with Crippen LogP contribution < -0.4 is 0 Å². The number of hydrogen-bond acceptors (Lipinski definition) is 2. The van der Waals surface area contributed by atoms with Crippen molar-refractivity contribution in [2.75, 3.05) is 0 Å². The smallest absolute Gasteiger partial charge is 0.391 e. The first kappa shape index (κ1) is 12.8. The van der Waals surface area contributed by atoms with Crippen molar-refractivity contribution in [1.82, 2.24) is 0 Å². The largest absolute Gasteiger partial charge is 0.481 e. The highest BCUT2D eigenvalue weighted by molar-refractivity contribution is 5.67. The van der Waals surface area contributed by atoms with E-state index in [2.05, 4.69) is 0 Å². The van der Waals surface area contributed by atoms with Gasteiger partial charge in [0.15, 0.2) is 0 Å². The Morgan fingerprint density at radius 3 is 2.36 bits per heavy atom. The number of halogens is 3. The molecule has 0 rings (SSSR count). The Kier molecular flexibility index (Phi) is 4.41. The van der Waals surface area contributed by atoms with Gasteiger partial charge in [-0.25, -0.2) is 0 Å². The molecule has 1 unspecified atom stereocenters. The lowest BCUT2D eigenvalue weighted by atomic mass is 9.94. The van der Waals surface area contributed by atoms with Crippen LogP contribution in [-0.4, -0.2) is 17.3 Å². The summed E-state index contributed by atoms with van der Waals surface area (Å²) in [6, 6.07) is 1.56. The van der Waals surface area contributed by atoms with Gasteiger partial charge in [0.25, 0.3) is 0 Å². The minimum atomic E-state index is -4.37. The van der Waals surface area contributed by atoms with Crippen LogP contribution in [0.15, 0.2) is 0 Å². The van der Waals surface area contributed by atoms with E-state index in [0.717, 1.165) is 6.92 Å². The van der Waals surface area contributed by atoms with E-state index in [1.807, 2.05) is 0 Å². The van der Waals surface area contributed by atoms with E-state index in [1.54, 1.807) is 6.07 Å². The number of hydrogen-bond donors (Lipinski definition) is 1. The summed E-state index contributed by atoms with van der Waals surface area (Å²) < 4.78 is 36.1. The van der Waals surface area contributed by atoms with Crippen molar-refractivity contribution < 1.29 is 23.1 Å². The number of carboxylic acid groups (broad SMARTS) is 1. The third-order valence-electron chi connectivity index (χ3n) is 1.80. The first-order valence-electron chi connectivity index (χ1n) is 3.95. The fraction of sp³-hybridized carbons (Fsp3) is 0.750. The van der Waals surface area contributed by atoms with Crippen molar-refractivity contribution in [2.45, 2.75) is 25.9 Å². The molecule has 1 N–H and O–H groups in total. The molecule has 0 bridgehead atoms. The summed E-state index contributed by atoms with van der Waals surface area (Å²) in [5.74, 6) is -3.98. The van der Waals surface area contributed by atoms with Crippen molar-refractivity contribution in [2.24, 2.45) is 11.8 Å². The molecule has 0 amide bonds. The molecule has 0 radical (unpaired) electrons. The average molecular weight is 209 g/mol. The van der Waals surface area contributed by atoms with Gasteiger partial charge >= 0.3 is 12.1 Å². The van der Waals surface area contributed by atoms with Crippen LogP contribution in [-0.2, 0) is 4.79 Å². The molecule has 0 fully saturated rings. The van der Waals surface area contributed by atoms with Gasteiger partial charge in [-0.3, -0.25) is 4.79 Å². The Morgan fingerprint density at radius 2 is 2.07 bits per heavy atom. The molecular formula is C8H10F3NO2. The quantitative estimate of drug-likeness (QED) is 0.771. The molecule has 0 aromatic heterocycles. The molecule has 0 aromatic carbocycles. The predicted molar refractivity (Wildman–Crippen MR) is 41.2 cm³/mol. The average Bonchev–Trinajstić information content (AvgIpc) is 2.00. The van der Waals surface area contributed by atoms with Gasteiger partial charge in [-0.05, 0) is 6.42 Å². The number of nitriles is 1. The van der Waals surface area contributed by atoms with Crippen LogP contribution in [0.3, 0.4) is 0 Å². The third kappa shape index (κ3) is 4.70. The maximum Gasteiger partial charge on any atom is 0.391 e. The van der Waals surface area contributed by atoms with Gasteiger partial charge < -0.3 is 5.11 Å². The number of carbonyl (C=O) groups is 1.